The molecule has 12 nitrogen and oxygen atoms in total. The van der Waals surface area contributed by atoms with Crippen molar-refractivity contribution >= 4 is 35.8 Å². The molecule has 0 spiro atoms. The maximum atomic E-state index is 11.8. The van der Waals surface area contributed by atoms with Crippen molar-refractivity contribution in [1.29, 1.82) is 0 Å². The molecule has 2 atom stereocenters. The number of nitrogens with one attached hydrogen (secondary N) is 3. The van der Waals surface area contributed by atoms with Crippen LogP contribution in [-0.2, 0) is 14.4 Å². The van der Waals surface area contributed by atoms with Crippen LogP contribution < -0.4 is 16.0 Å². The zero-order chi connectivity index (χ0) is 29.0. The van der Waals surface area contributed by atoms with Gasteiger partial charge >= 0.3 is 18.1 Å². The van der Waals surface area contributed by atoms with Gasteiger partial charge in [0, 0.05) is 18.1 Å². The first kappa shape index (κ1) is 31.8. The van der Waals surface area contributed by atoms with Crippen molar-refractivity contribution in [3.8, 4) is 0 Å². The molecule has 0 saturated carbocycles. The molecule has 3 saturated heterocycles. The fourth-order valence-electron chi connectivity index (χ4n) is 3.97. The Balaban J connectivity index is 0.000000278. The van der Waals surface area contributed by atoms with Gasteiger partial charge in [0.15, 0.2) is 0 Å². The summed E-state index contributed by atoms with van der Waals surface area (Å²) < 4.78 is 0. The second-order valence-electron chi connectivity index (χ2n) is 10.9. The number of hydrogen-bond donors (Lipinski definition) is 3. The van der Waals surface area contributed by atoms with E-state index in [2.05, 4.69) is 16.0 Å². The van der Waals surface area contributed by atoms with Gasteiger partial charge in [-0.05, 0) is 75.2 Å². The zero-order valence-electron chi connectivity index (χ0n) is 24.0. The smallest absolute Gasteiger partial charge is 0.325 e. The first-order chi connectivity index (χ1) is 16.9. The molecule has 9 amide bonds. The molecule has 0 bridgehead atoms. The molecule has 0 aliphatic carbocycles. The van der Waals surface area contributed by atoms with Crippen LogP contribution >= 0.6 is 0 Å². The van der Waals surface area contributed by atoms with Gasteiger partial charge in [0.05, 0.1) is 0 Å². The highest BCUT2D eigenvalue weighted by Gasteiger charge is 2.47. The van der Waals surface area contributed by atoms with Crippen molar-refractivity contribution < 1.29 is 28.8 Å². The van der Waals surface area contributed by atoms with E-state index in [0.717, 1.165) is 0 Å². The van der Waals surface area contributed by atoms with Crippen LogP contribution in [0.25, 0.3) is 0 Å². The van der Waals surface area contributed by atoms with Crippen LogP contribution in [0.5, 0.6) is 0 Å². The summed E-state index contributed by atoms with van der Waals surface area (Å²) >= 11 is 0. The Morgan fingerprint density at radius 1 is 0.676 bits per heavy atom. The van der Waals surface area contributed by atoms with E-state index in [4.69, 9.17) is 0 Å². The van der Waals surface area contributed by atoms with Gasteiger partial charge in [0.2, 0.25) is 0 Å². The van der Waals surface area contributed by atoms with E-state index in [1.807, 2.05) is 55.4 Å². The van der Waals surface area contributed by atoms with E-state index in [0.29, 0.717) is 12.8 Å². The summed E-state index contributed by atoms with van der Waals surface area (Å²) in [6, 6.07) is -1.32. The molecule has 37 heavy (non-hydrogen) atoms. The molecule has 210 valence electrons. The molecule has 3 aliphatic heterocycles. The molecule has 0 aromatic heterocycles. The lowest BCUT2D eigenvalue weighted by Gasteiger charge is -2.21. The summed E-state index contributed by atoms with van der Waals surface area (Å²) in [4.78, 5) is 72.3. The van der Waals surface area contributed by atoms with E-state index in [9.17, 15) is 28.8 Å². The Morgan fingerprint density at radius 3 is 1.32 bits per heavy atom. The van der Waals surface area contributed by atoms with Gasteiger partial charge < -0.3 is 16.0 Å². The van der Waals surface area contributed by atoms with Crippen LogP contribution in [0.4, 0.5) is 14.4 Å². The fourth-order valence-corrected chi connectivity index (χ4v) is 3.97. The highest BCUT2D eigenvalue weighted by molar-refractivity contribution is 6.07. The first-order valence-corrected chi connectivity index (χ1v) is 12.8. The zero-order valence-corrected chi connectivity index (χ0v) is 24.0. The topological polar surface area (TPSA) is 148 Å². The highest BCUT2D eigenvalue weighted by Crippen LogP contribution is 2.22. The van der Waals surface area contributed by atoms with Crippen LogP contribution in [-0.4, -0.2) is 85.8 Å². The van der Waals surface area contributed by atoms with Crippen molar-refractivity contribution in [2.45, 2.75) is 124 Å². The minimum absolute atomic E-state index is 0.0472. The molecule has 12 heteroatoms. The summed E-state index contributed by atoms with van der Waals surface area (Å²) in [6.45, 7) is 19.9. The second kappa shape index (κ2) is 11.9. The number of nitrogens with zero attached hydrogens (tertiary/aromatic N) is 3. The summed E-state index contributed by atoms with van der Waals surface area (Å²) in [5.41, 5.74) is -1.43. The van der Waals surface area contributed by atoms with Crippen molar-refractivity contribution in [2.24, 2.45) is 0 Å². The van der Waals surface area contributed by atoms with Gasteiger partial charge in [0.25, 0.3) is 17.7 Å². The number of rotatable bonds is 5. The second-order valence-corrected chi connectivity index (χ2v) is 10.9. The van der Waals surface area contributed by atoms with E-state index in [1.165, 1.54) is 14.7 Å². The number of hydrogen-bond acceptors (Lipinski definition) is 6. The van der Waals surface area contributed by atoms with E-state index in [-0.39, 0.29) is 60.0 Å². The lowest BCUT2D eigenvalue weighted by molar-refractivity contribution is -0.132. The van der Waals surface area contributed by atoms with E-state index in [1.54, 1.807) is 20.8 Å². The maximum Gasteiger partial charge on any atom is 0.325 e. The minimum atomic E-state index is -0.735. The van der Waals surface area contributed by atoms with Gasteiger partial charge in [-0.3, -0.25) is 29.1 Å². The highest BCUT2D eigenvalue weighted by atomic mass is 16.2. The Kier molecular flexibility index (Phi) is 10.3. The summed E-state index contributed by atoms with van der Waals surface area (Å²) in [5, 5.41) is 7.93. The SMILES string of the molecule is CC(C)N1C(=O)NC(C)(C)C1=O.CC[C@@]1(C)NC(=O)N(C(C)C)C1=O.CC[C@H]1NC(=O)N(C(C)C)C1=O. The molecular formula is C25H44N6O6. The van der Waals surface area contributed by atoms with Crippen molar-refractivity contribution in [2.75, 3.05) is 0 Å². The van der Waals surface area contributed by atoms with Gasteiger partial charge in [0.1, 0.15) is 17.1 Å². The molecule has 0 radical (unpaired) electrons. The van der Waals surface area contributed by atoms with Crippen LogP contribution in [0.1, 0.15) is 89.0 Å². The lowest BCUT2D eigenvalue weighted by atomic mass is 9.99. The normalized spacial score (nSPS) is 24.8. The van der Waals surface area contributed by atoms with E-state index >= 15 is 0 Å². The van der Waals surface area contributed by atoms with Crippen LogP contribution in [0.15, 0.2) is 0 Å². The predicted octanol–water partition coefficient (Wildman–Crippen LogP) is 2.57. The van der Waals surface area contributed by atoms with Crippen LogP contribution in [0.2, 0.25) is 0 Å². The Hall–Kier alpha value is -3.18. The largest absolute Gasteiger partial charge is 0.326 e. The molecule has 0 unspecified atom stereocenters. The quantitative estimate of drug-likeness (QED) is 0.471. The summed E-state index contributed by atoms with van der Waals surface area (Å²) in [5.74, 6) is -0.366. The Labute approximate surface area is 219 Å². The molecule has 3 N–H and O–H groups in total. The number of amides is 9. The molecule has 0 aromatic carbocycles. The average molecular weight is 525 g/mol. The monoisotopic (exact) mass is 524 g/mol. The predicted molar refractivity (Wildman–Crippen MR) is 138 cm³/mol. The van der Waals surface area contributed by atoms with Gasteiger partial charge in [-0.15, -0.1) is 0 Å². The fraction of sp³-hybridized carbons (Fsp3) is 0.760. The van der Waals surface area contributed by atoms with Gasteiger partial charge in [-0.1, -0.05) is 13.8 Å². The Bertz CT molecular complexity index is 931. The number of urea groups is 3. The van der Waals surface area contributed by atoms with Gasteiger partial charge in [-0.2, -0.15) is 0 Å². The standard InChI is InChI=1S/C9H16N2O2.2C8H14N2O2/c1-5-9(4)7(12)11(6(2)3)8(13)10-9;1-5(2)10-6(11)8(3,4)9-7(10)12;1-4-6-7(11)10(5(2)3)8(12)9-6/h6H,5H2,1-4H3,(H,10,13);5H,1-4H3,(H,9,12);5-6H,4H2,1-3H3,(H,9,12)/t9-;;6-/m1.1/s1. The minimum Gasteiger partial charge on any atom is -0.326 e. The first-order valence-electron chi connectivity index (χ1n) is 12.8. The third-order valence-corrected chi connectivity index (χ3v) is 6.40. The summed E-state index contributed by atoms with van der Waals surface area (Å²) in [7, 11) is 0. The third kappa shape index (κ3) is 6.78. The lowest BCUT2D eigenvalue weighted by Crippen LogP contribution is -2.43. The van der Waals surface area contributed by atoms with Crippen LogP contribution in [0, 0.1) is 0 Å². The molecule has 0 aromatic rings. The molecule has 3 heterocycles. The molecule has 3 rings (SSSR count). The molecule has 3 fully saturated rings. The summed E-state index contributed by atoms with van der Waals surface area (Å²) in [6.07, 6.45) is 1.29. The van der Waals surface area contributed by atoms with Crippen molar-refractivity contribution in [3.05, 3.63) is 0 Å². The van der Waals surface area contributed by atoms with Crippen LogP contribution in [0.3, 0.4) is 0 Å². The number of carbonyl (C=O) groups is 6. The Morgan fingerprint density at radius 2 is 1.11 bits per heavy atom. The number of imide groups is 3. The van der Waals surface area contributed by atoms with Crippen molar-refractivity contribution in [1.82, 2.24) is 30.7 Å². The molecular weight excluding hydrogens is 480 g/mol. The van der Waals surface area contributed by atoms with Crippen molar-refractivity contribution in [3.63, 3.8) is 0 Å². The molecule has 3 aliphatic rings. The van der Waals surface area contributed by atoms with E-state index < -0.39 is 11.1 Å². The number of carbonyl (C=O) groups excluding carboxylic acids is 6. The maximum absolute atomic E-state index is 11.8. The average Bonchev–Trinajstić information content (AvgIpc) is 3.27. The van der Waals surface area contributed by atoms with Gasteiger partial charge in [-0.25, -0.2) is 14.4 Å². The third-order valence-electron chi connectivity index (χ3n) is 6.40.